The van der Waals surface area contributed by atoms with Crippen LogP contribution in [-0.2, 0) is 0 Å². The first-order valence-electron chi connectivity index (χ1n) is 6.63. The quantitative estimate of drug-likeness (QED) is 0.534. The van der Waals surface area contributed by atoms with Gasteiger partial charge in [-0.05, 0) is 18.2 Å². The number of hydrogen-bond donors (Lipinski definition) is 0. The molecular weight excluding hydrogens is 300 g/mol. The molecule has 0 radical (unpaired) electrons. The molecule has 0 saturated heterocycles. The highest BCUT2D eigenvalue weighted by molar-refractivity contribution is 6.32. The summed E-state index contributed by atoms with van der Waals surface area (Å²) in [6.45, 7) is 0. The van der Waals surface area contributed by atoms with Crippen molar-refractivity contribution in [3.8, 4) is 0 Å². The topological polar surface area (TPSA) is 60.2 Å². The number of carbonyl (C=O) groups excluding carboxylic acids is 1. The van der Waals surface area contributed by atoms with Gasteiger partial charge in [-0.2, -0.15) is 0 Å². The van der Waals surface area contributed by atoms with Crippen molar-refractivity contribution in [2.24, 2.45) is 0 Å². The van der Waals surface area contributed by atoms with Crippen LogP contribution in [0.25, 0.3) is 16.7 Å². The fraction of sp³-hybridized carbons (Fsp3) is 0. The second-order valence-corrected chi connectivity index (χ2v) is 5.18. The van der Waals surface area contributed by atoms with Crippen LogP contribution in [0.1, 0.15) is 15.9 Å². The molecule has 0 amide bonds. The highest BCUT2D eigenvalue weighted by Gasteiger charge is 2.13. The van der Waals surface area contributed by atoms with E-state index in [1.54, 1.807) is 41.1 Å². The summed E-state index contributed by atoms with van der Waals surface area (Å²) in [4.78, 5) is 16.8. The molecule has 0 unspecified atom stereocenters. The van der Waals surface area contributed by atoms with Gasteiger partial charge in [0.2, 0.25) is 0 Å². The molecule has 22 heavy (non-hydrogen) atoms. The van der Waals surface area contributed by atoms with Crippen molar-refractivity contribution in [2.45, 2.75) is 0 Å². The zero-order valence-electron chi connectivity index (χ0n) is 11.3. The van der Waals surface area contributed by atoms with Crippen LogP contribution in [0.4, 0.5) is 0 Å². The third-order valence-electron chi connectivity index (χ3n) is 3.48. The van der Waals surface area contributed by atoms with Crippen molar-refractivity contribution in [3.05, 3.63) is 71.1 Å². The molecule has 4 rings (SSSR count). The minimum Gasteiger partial charge on any atom is -0.289 e. The molecule has 5 nitrogen and oxygen atoms in total. The molecule has 0 fully saturated rings. The number of ketones is 1. The Kier molecular flexibility index (Phi) is 2.87. The highest BCUT2D eigenvalue weighted by atomic mass is 35.5. The third kappa shape index (κ3) is 1.95. The first-order valence-corrected chi connectivity index (χ1v) is 7.00. The van der Waals surface area contributed by atoms with E-state index in [-0.39, 0.29) is 10.9 Å². The van der Waals surface area contributed by atoms with Gasteiger partial charge in [0.1, 0.15) is 6.33 Å². The summed E-state index contributed by atoms with van der Waals surface area (Å²) in [7, 11) is 0. The molecule has 6 heteroatoms. The van der Waals surface area contributed by atoms with Crippen molar-refractivity contribution in [3.63, 3.8) is 0 Å². The van der Waals surface area contributed by atoms with Gasteiger partial charge in [0.15, 0.2) is 16.6 Å². The first kappa shape index (κ1) is 12.9. The van der Waals surface area contributed by atoms with Crippen molar-refractivity contribution in [2.75, 3.05) is 0 Å². The van der Waals surface area contributed by atoms with Gasteiger partial charge in [0, 0.05) is 11.1 Å². The Morgan fingerprint density at radius 2 is 1.86 bits per heavy atom. The molecule has 0 aliphatic carbocycles. The van der Waals surface area contributed by atoms with Crippen molar-refractivity contribution >= 4 is 34.1 Å². The minimum absolute atomic E-state index is 0.0429. The lowest BCUT2D eigenvalue weighted by molar-refractivity contribution is 0.103. The molecular formula is C16H9ClN4O. The van der Waals surface area contributed by atoms with Crippen LogP contribution >= 0.6 is 11.6 Å². The molecule has 4 aromatic rings. The second-order valence-electron chi connectivity index (χ2n) is 4.83. The van der Waals surface area contributed by atoms with E-state index in [1.807, 2.05) is 18.2 Å². The monoisotopic (exact) mass is 308 g/mol. The molecule has 2 aromatic heterocycles. The number of hydrogen-bond acceptors (Lipinski definition) is 4. The maximum Gasteiger partial charge on any atom is 0.198 e. The summed E-state index contributed by atoms with van der Waals surface area (Å²) < 4.78 is 1.73. The summed E-state index contributed by atoms with van der Waals surface area (Å²) in [5, 5.41) is 8.07. The normalized spacial score (nSPS) is 11.1. The van der Waals surface area contributed by atoms with E-state index in [1.165, 1.54) is 0 Å². The van der Waals surface area contributed by atoms with Crippen LogP contribution < -0.4 is 0 Å². The number of fused-ring (bicyclic) bond motifs is 3. The summed E-state index contributed by atoms with van der Waals surface area (Å²) in [6.07, 6.45) is 1.56. The zero-order valence-corrected chi connectivity index (χ0v) is 12.0. The van der Waals surface area contributed by atoms with Gasteiger partial charge >= 0.3 is 0 Å². The van der Waals surface area contributed by atoms with E-state index in [2.05, 4.69) is 15.2 Å². The van der Waals surface area contributed by atoms with Gasteiger partial charge in [-0.3, -0.25) is 9.20 Å². The molecule has 2 aromatic carbocycles. The molecule has 0 spiro atoms. The number of aromatic nitrogens is 4. The molecule has 0 aliphatic rings. The van der Waals surface area contributed by atoms with Gasteiger partial charge < -0.3 is 0 Å². The molecule has 2 heterocycles. The summed E-state index contributed by atoms with van der Waals surface area (Å²) >= 11 is 6.07. The Bertz CT molecular complexity index is 1010. The Morgan fingerprint density at radius 3 is 2.68 bits per heavy atom. The maximum atomic E-state index is 12.5. The van der Waals surface area contributed by atoms with E-state index < -0.39 is 0 Å². The minimum atomic E-state index is -0.0429. The number of halogens is 1. The van der Waals surface area contributed by atoms with Gasteiger partial charge in [-0.25, -0.2) is 4.98 Å². The van der Waals surface area contributed by atoms with E-state index in [4.69, 9.17) is 11.6 Å². The predicted molar refractivity (Wildman–Crippen MR) is 83.2 cm³/mol. The smallest absolute Gasteiger partial charge is 0.198 e. The Balaban J connectivity index is 1.94. The highest BCUT2D eigenvalue weighted by Crippen LogP contribution is 2.22. The van der Waals surface area contributed by atoms with E-state index in [9.17, 15) is 4.79 Å². The summed E-state index contributed by atoms with van der Waals surface area (Å²) in [6, 6.07) is 14.4. The number of rotatable bonds is 2. The van der Waals surface area contributed by atoms with Crippen LogP contribution in [0.15, 0.2) is 54.9 Å². The average Bonchev–Trinajstić information content (AvgIpc) is 3.05. The summed E-state index contributed by atoms with van der Waals surface area (Å²) in [5.74, 6) is -0.0429. The molecule has 106 valence electrons. The van der Waals surface area contributed by atoms with Crippen LogP contribution in [0.5, 0.6) is 0 Å². The van der Waals surface area contributed by atoms with Gasteiger partial charge in [-0.15, -0.1) is 10.2 Å². The van der Waals surface area contributed by atoms with Crippen LogP contribution in [0.2, 0.25) is 5.15 Å². The van der Waals surface area contributed by atoms with Gasteiger partial charge in [0.25, 0.3) is 0 Å². The fourth-order valence-corrected chi connectivity index (χ4v) is 2.64. The Labute approximate surface area is 130 Å². The molecule has 0 saturated carbocycles. The molecule has 0 aliphatic heterocycles. The van der Waals surface area contributed by atoms with Crippen molar-refractivity contribution in [1.82, 2.24) is 19.6 Å². The van der Waals surface area contributed by atoms with Crippen LogP contribution in [-0.4, -0.2) is 25.4 Å². The second kappa shape index (κ2) is 4.89. The van der Waals surface area contributed by atoms with Gasteiger partial charge in [-0.1, -0.05) is 41.9 Å². The van der Waals surface area contributed by atoms with Crippen molar-refractivity contribution < 1.29 is 4.79 Å². The lowest BCUT2D eigenvalue weighted by Gasteiger charge is -2.05. The number of benzene rings is 2. The largest absolute Gasteiger partial charge is 0.289 e. The average molecular weight is 309 g/mol. The first-order chi connectivity index (χ1) is 10.7. The predicted octanol–water partition coefficient (Wildman–Crippen LogP) is 3.16. The van der Waals surface area contributed by atoms with Crippen molar-refractivity contribution in [1.29, 1.82) is 0 Å². The fourth-order valence-electron chi connectivity index (χ4n) is 2.42. The van der Waals surface area contributed by atoms with Crippen LogP contribution in [0, 0.1) is 0 Å². The number of nitrogens with zero attached hydrogens (tertiary/aromatic N) is 4. The van der Waals surface area contributed by atoms with E-state index in [0.717, 1.165) is 5.52 Å². The maximum absolute atomic E-state index is 12.5. The third-order valence-corrected chi connectivity index (χ3v) is 3.74. The molecule has 0 bridgehead atoms. The van der Waals surface area contributed by atoms with Crippen LogP contribution in [0.3, 0.4) is 0 Å². The van der Waals surface area contributed by atoms with E-state index in [0.29, 0.717) is 22.3 Å². The molecule has 0 N–H and O–H groups in total. The Hall–Kier alpha value is -2.79. The molecule has 0 atom stereocenters. The zero-order chi connectivity index (χ0) is 15.1. The Morgan fingerprint density at radius 1 is 1.05 bits per heavy atom. The number of carbonyl (C=O) groups is 1. The van der Waals surface area contributed by atoms with Gasteiger partial charge in [0.05, 0.1) is 11.0 Å². The lowest BCUT2D eigenvalue weighted by atomic mass is 10.0. The lowest BCUT2D eigenvalue weighted by Crippen LogP contribution is -2.02. The summed E-state index contributed by atoms with van der Waals surface area (Å²) in [5.41, 5.74) is 3.12. The standard InChI is InChI=1S/C16H9ClN4O/c17-15-16-20-18-9-21(16)13-8-11(6-7-12(13)19-15)14(22)10-4-2-1-3-5-10/h1-9H. The van der Waals surface area contributed by atoms with E-state index >= 15 is 0 Å². The SMILES string of the molecule is O=C(c1ccccc1)c1ccc2nc(Cl)c3nncn3c2c1.